The molecule has 4 aromatic carbocycles. The minimum Gasteiger partial charge on any atom is -0.481 e. The van der Waals surface area contributed by atoms with Crippen molar-refractivity contribution in [2.45, 2.75) is 31.8 Å². The fraction of sp³-hybridized carbons (Fsp3) is 0.257. The van der Waals surface area contributed by atoms with Crippen LogP contribution in [0, 0.1) is 0 Å². The van der Waals surface area contributed by atoms with Crippen LogP contribution < -0.4 is 4.74 Å². The monoisotopic (exact) mass is 534 g/mol. The first-order chi connectivity index (χ1) is 19.4. The lowest BCUT2D eigenvalue weighted by molar-refractivity contribution is 0.00520. The van der Waals surface area contributed by atoms with Gasteiger partial charge in [-0.3, -0.25) is 4.79 Å². The summed E-state index contributed by atoms with van der Waals surface area (Å²) in [7, 11) is 5.64. The molecule has 5 heteroatoms. The van der Waals surface area contributed by atoms with Crippen molar-refractivity contribution in [3.63, 3.8) is 0 Å². The maximum Gasteiger partial charge on any atom is 0.217 e. The highest BCUT2D eigenvalue weighted by molar-refractivity contribution is 5.89. The van der Waals surface area contributed by atoms with Gasteiger partial charge in [-0.15, -0.1) is 0 Å². The number of benzene rings is 4. The highest BCUT2D eigenvalue weighted by Gasteiger charge is 2.43. The maximum atomic E-state index is 13.0. The third kappa shape index (κ3) is 5.76. The Balaban J connectivity index is 0.00000181. The molecule has 1 N–H and O–H groups in total. The van der Waals surface area contributed by atoms with Crippen molar-refractivity contribution in [2.24, 2.45) is 0 Å². The molecule has 0 spiro atoms. The van der Waals surface area contributed by atoms with Gasteiger partial charge in [0.05, 0.1) is 12.6 Å². The smallest absolute Gasteiger partial charge is 0.217 e. The van der Waals surface area contributed by atoms with E-state index < -0.39 is 11.5 Å². The van der Waals surface area contributed by atoms with Crippen molar-refractivity contribution in [2.75, 3.05) is 27.7 Å². The molecule has 2 unspecified atom stereocenters. The fourth-order valence-electron chi connectivity index (χ4n) is 5.43. The van der Waals surface area contributed by atoms with Gasteiger partial charge < -0.3 is 14.7 Å². The molecule has 40 heavy (non-hydrogen) atoms. The molecule has 0 aliphatic heterocycles. The van der Waals surface area contributed by atoms with Gasteiger partial charge in [0.2, 0.25) is 5.88 Å². The minimum atomic E-state index is -1.31. The summed E-state index contributed by atoms with van der Waals surface area (Å²) < 4.78 is 5.85. The number of pyridine rings is 1. The minimum absolute atomic E-state index is 0.453. The summed E-state index contributed by atoms with van der Waals surface area (Å²) in [4.78, 5) is 18.4. The second kappa shape index (κ2) is 12.9. The summed E-state index contributed by atoms with van der Waals surface area (Å²) in [6.07, 6.45) is 1.31. The van der Waals surface area contributed by atoms with Crippen molar-refractivity contribution >= 4 is 28.0 Å². The van der Waals surface area contributed by atoms with E-state index >= 15 is 0 Å². The Morgan fingerprint density at radius 2 is 1.60 bits per heavy atom. The first-order valence-electron chi connectivity index (χ1n) is 13.8. The zero-order chi connectivity index (χ0) is 28.7. The molecule has 1 heterocycles. The number of aldehydes is 1. The number of ether oxygens (including phenoxy) is 1. The largest absolute Gasteiger partial charge is 0.481 e. The summed E-state index contributed by atoms with van der Waals surface area (Å²) in [6, 6.07) is 31.7. The molecule has 5 aromatic rings. The van der Waals surface area contributed by atoms with Crippen molar-refractivity contribution in [3.8, 4) is 5.88 Å². The van der Waals surface area contributed by atoms with Crippen LogP contribution in [-0.2, 0) is 5.60 Å². The Labute approximate surface area is 237 Å². The molecule has 0 fully saturated rings. The van der Waals surface area contributed by atoms with E-state index in [2.05, 4.69) is 23.1 Å². The number of rotatable bonds is 9. The Kier molecular flexibility index (Phi) is 9.30. The van der Waals surface area contributed by atoms with Crippen LogP contribution in [0.3, 0.4) is 0 Å². The number of carbonyl (C=O) groups excluding carboxylic acids is 1. The van der Waals surface area contributed by atoms with Gasteiger partial charge in [-0.2, -0.15) is 0 Å². The van der Waals surface area contributed by atoms with Gasteiger partial charge >= 0.3 is 0 Å². The summed E-state index contributed by atoms with van der Waals surface area (Å²) in [5, 5.41) is 15.9. The van der Waals surface area contributed by atoms with Gasteiger partial charge in [0.1, 0.15) is 11.9 Å². The first-order valence-corrected chi connectivity index (χ1v) is 13.8. The molecule has 206 valence electrons. The van der Waals surface area contributed by atoms with Crippen molar-refractivity contribution in [3.05, 3.63) is 119 Å². The van der Waals surface area contributed by atoms with Gasteiger partial charge in [-0.25, -0.2) is 4.98 Å². The number of hydrogen-bond donors (Lipinski definition) is 1. The predicted molar refractivity (Wildman–Crippen MR) is 164 cm³/mol. The molecular weight excluding hydrogens is 496 g/mol. The van der Waals surface area contributed by atoms with E-state index in [1.165, 1.54) is 0 Å². The number of aromatic nitrogens is 1. The number of carbonyl (C=O) groups is 1. The van der Waals surface area contributed by atoms with E-state index in [0.717, 1.165) is 44.7 Å². The van der Waals surface area contributed by atoms with E-state index in [0.29, 0.717) is 24.4 Å². The average Bonchev–Trinajstić information content (AvgIpc) is 3.00. The third-order valence-electron chi connectivity index (χ3n) is 7.28. The number of fused-ring (bicyclic) bond motifs is 2. The molecular formula is C35H38N2O3. The van der Waals surface area contributed by atoms with E-state index in [1.54, 1.807) is 13.2 Å². The number of methoxy groups -OCH3 is 1. The summed E-state index contributed by atoms with van der Waals surface area (Å²) >= 11 is 0. The Bertz CT molecular complexity index is 1580. The number of hydrogen-bond acceptors (Lipinski definition) is 5. The van der Waals surface area contributed by atoms with Crippen molar-refractivity contribution in [1.82, 2.24) is 9.88 Å². The molecule has 0 aliphatic rings. The standard InChI is InChI=1S/C33H32N2O3.C2H6/c1-35(2)19-18-33(37,29-15-9-13-24-10-7-8-14-27(24)29)31(25-11-5-4-6-12-25)28-21-26-20-23(22-36)16-17-30(26)34-32(28)38-3;1-2/h4-17,20-22,31,37H,18-19H2,1-3H3;1-2H3. The molecule has 0 saturated carbocycles. The van der Waals surface area contributed by atoms with Crippen LogP contribution >= 0.6 is 0 Å². The van der Waals surface area contributed by atoms with Crippen LogP contribution in [0.25, 0.3) is 21.7 Å². The predicted octanol–water partition coefficient (Wildman–Crippen LogP) is 7.21. The molecule has 0 radical (unpaired) electrons. The average molecular weight is 535 g/mol. The second-order valence-electron chi connectivity index (χ2n) is 10.0. The Morgan fingerprint density at radius 3 is 2.30 bits per heavy atom. The Morgan fingerprint density at radius 1 is 0.900 bits per heavy atom. The van der Waals surface area contributed by atoms with E-state index in [9.17, 15) is 9.90 Å². The van der Waals surface area contributed by atoms with Crippen LogP contribution in [0.15, 0.2) is 97.1 Å². The second-order valence-corrected chi connectivity index (χ2v) is 10.0. The zero-order valence-corrected chi connectivity index (χ0v) is 24.0. The lowest BCUT2D eigenvalue weighted by atomic mass is 9.70. The van der Waals surface area contributed by atoms with Crippen molar-refractivity contribution in [1.29, 1.82) is 0 Å². The van der Waals surface area contributed by atoms with Gasteiger partial charge in [0.25, 0.3) is 0 Å². The quantitative estimate of drug-likeness (QED) is 0.203. The van der Waals surface area contributed by atoms with Crippen molar-refractivity contribution < 1.29 is 14.6 Å². The van der Waals surface area contributed by atoms with Crippen LogP contribution in [0.4, 0.5) is 0 Å². The molecule has 0 aliphatic carbocycles. The van der Waals surface area contributed by atoms with E-state index in [1.807, 2.05) is 101 Å². The van der Waals surface area contributed by atoms with Gasteiger partial charge in [0.15, 0.2) is 0 Å². The van der Waals surface area contributed by atoms with E-state index in [-0.39, 0.29) is 0 Å². The third-order valence-corrected chi connectivity index (χ3v) is 7.28. The van der Waals surface area contributed by atoms with Crippen LogP contribution in [-0.4, -0.2) is 49.0 Å². The fourth-order valence-corrected chi connectivity index (χ4v) is 5.43. The number of nitrogens with zero attached hydrogens (tertiary/aromatic N) is 2. The summed E-state index contributed by atoms with van der Waals surface area (Å²) in [6.45, 7) is 4.67. The van der Waals surface area contributed by atoms with Gasteiger partial charge in [-0.1, -0.05) is 86.6 Å². The molecule has 0 amide bonds. The van der Waals surface area contributed by atoms with Gasteiger partial charge in [-0.05, 0) is 66.7 Å². The summed E-state index contributed by atoms with van der Waals surface area (Å²) in [5.41, 5.74) is 2.57. The summed E-state index contributed by atoms with van der Waals surface area (Å²) in [5.74, 6) is -0.0464. The van der Waals surface area contributed by atoms with Crippen LogP contribution in [0.1, 0.15) is 53.2 Å². The maximum absolute atomic E-state index is 13.0. The molecule has 0 saturated heterocycles. The normalized spacial score (nSPS) is 13.4. The molecule has 0 bridgehead atoms. The van der Waals surface area contributed by atoms with Crippen LogP contribution in [0.5, 0.6) is 5.88 Å². The molecule has 1 aromatic heterocycles. The highest BCUT2D eigenvalue weighted by atomic mass is 16.5. The van der Waals surface area contributed by atoms with E-state index in [4.69, 9.17) is 9.72 Å². The zero-order valence-electron chi connectivity index (χ0n) is 24.0. The Hall–Kier alpha value is -4.06. The molecule has 2 atom stereocenters. The number of aliphatic hydroxyl groups is 1. The molecule has 5 rings (SSSR count). The van der Waals surface area contributed by atoms with Crippen LogP contribution in [0.2, 0.25) is 0 Å². The SMILES string of the molecule is CC.COc1nc2ccc(C=O)cc2cc1C(c1ccccc1)C(O)(CCN(C)C)c1cccc2ccccc12. The highest BCUT2D eigenvalue weighted by Crippen LogP contribution is 2.48. The lowest BCUT2D eigenvalue weighted by Crippen LogP contribution is -2.38. The van der Waals surface area contributed by atoms with Gasteiger partial charge in [0, 0.05) is 29.0 Å². The lowest BCUT2D eigenvalue weighted by Gasteiger charge is -2.39. The molecule has 5 nitrogen and oxygen atoms in total. The topological polar surface area (TPSA) is 62.7 Å². The first kappa shape index (κ1) is 28.9.